The molecule has 0 amide bonds. The minimum absolute atomic E-state index is 0.0400. The summed E-state index contributed by atoms with van der Waals surface area (Å²) < 4.78 is 17.0. The van der Waals surface area contributed by atoms with Gasteiger partial charge in [0.1, 0.15) is 5.82 Å². The van der Waals surface area contributed by atoms with Crippen molar-refractivity contribution in [2.24, 2.45) is 7.05 Å². The van der Waals surface area contributed by atoms with E-state index < -0.39 is 0 Å². The number of rotatable bonds is 2. The van der Waals surface area contributed by atoms with Gasteiger partial charge in [0.2, 0.25) is 4.96 Å². The molecule has 8 heteroatoms. The first-order valence-electron chi connectivity index (χ1n) is 7.86. The van der Waals surface area contributed by atoms with Crippen LogP contribution < -0.4 is 0 Å². The minimum atomic E-state index is -0.314. The van der Waals surface area contributed by atoms with E-state index in [1.54, 1.807) is 16.6 Å². The number of nitrogens with zero attached hydrogens (tertiary/aromatic N) is 6. The first kappa shape index (κ1) is 15.9. The molecule has 0 aliphatic heterocycles. The Kier molecular flexibility index (Phi) is 3.47. The van der Waals surface area contributed by atoms with Crippen LogP contribution in [0.1, 0.15) is 26.5 Å². The molecule has 0 saturated heterocycles. The Bertz CT molecular complexity index is 1070. The summed E-state index contributed by atoms with van der Waals surface area (Å²) in [6, 6.07) is 8.32. The van der Waals surface area contributed by atoms with Gasteiger partial charge < -0.3 is 0 Å². The van der Waals surface area contributed by atoms with E-state index in [2.05, 4.69) is 41.2 Å². The third kappa shape index (κ3) is 2.72. The molecule has 0 aliphatic carbocycles. The van der Waals surface area contributed by atoms with Gasteiger partial charge in [-0.2, -0.15) is 14.7 Å². The molecule has 1 aromatic carbocycles. The van der Waals surface area contributed by atoms with Crippen LogP contribution in [0, 0.1) is 5.82 Å². The second-order valence-electron chi connectivity index (χ2n) is 6.92. The molecule has 0 unspecified atom stereocenters. The summed E-state index contributed by atoms with van der Waals surface area (Å²) in [6.45, 7) is 6.37. The molecule has 3 aromatic heterocycles. The molecule has 0 fully saturated rings. The van der Waals surface area contributed by atoms with Gasteiger partial charge in [-0.1, -0.05) is 44.2 Å². The van der Waals surface area contributed by atoms with Crippen LogP contribution in [0.3, 0.4) is 0 Å². The Morgan fingerprint density at radius 3 is 2.56 bits per heavy atom. The molecule has 0 aliphatic rings. The van der Waals surface area contributed by atoms with Crippen LogP contribution in [0.25, 0.3) is 27.1 Å². The number of halogens is 1. The fraction of sp³-hybridized carbons (Fsp3) is 0.294. The van der Waals surface area contributed by atoms with E-state index >= 15 is 0 Å². The van der Waals surface area contributed by atoms with E-state index in [0.29, 0.717) is 16.3 Å². The second-order valence-corrected chi connectivity index (χ2v) is 7.88. The van der Waals surface area contributed by atoms with Gasteiger partial charge in [-0.3, -0.25) is 4.68 Å². The molecule has 25 heavy (non-hydrogen) atoms. The SMILES string of the molecule is Cn1nc(C(C)(C)C)cc1-c1nn2c(-c3cccc(F)c3)nnc2s1. The van der Waals surface area contributed by atoms with Gasteiger partial charge in [0.15, 0.2) is 10.8 Å². The lowest BCUT2D eigenvalue weighted by Crippen LogP contribution is -2.12. The predicted octanol–water partition coefficient (Wildman–Crippen LogP) is 3.69. The topological polar surface area (TPSA) is 60.9 Å². The Balaban J connectivity index is 1.82. The average molecular weight is 356 g/mol. The molecule has 0 spiro atoms. The molecular weight excluding hydrogens is 339 g/mol. The maximum Gasteiger partial charge on any atom is 0.235 e. The van der Waals surface area contributed by atoms with Crippen molar-refractivity contribution in [2.45, 2.75) is 26.2 Å². The standard InChI is InChI=1S/C17H17FN6S/c1-17(2,3)13-9-12(23(4)21-13)15-22-24-14(19-20-16(24)25-15)10-6-5-7-11(18)8-10/h5-9H,1-4H3. The van der Waals surface area contributed by atoms with E-state index in [1.807, 2.05) is 17.8 Å². The van der Waals surface area contributed by atoms with Crippen LogP contribution in [0.15, 0.2) is 30.3 Å². The van der Waals surface area contributed by atoms with E-state index in [4.69, 9.17) is 0 Å². The number of fused-ring (bicyclic) bond motifs is 1. The van der Waals surface area contributed by atoms with E-state index in [9.17, 15) is 4.39 Å². The maximum atomic E-state index is 13.5. The first-order chi connectivity index (χ1) is 11.8. The van der Waals surface area contributed by atoms with Crippen molar-refractivity contribution in [3.05, 3.63) is 41.8 Å². The molecule has 0 radical (unpaired) electrons. The summed E-state index contributed by atoms with van der Waals surface area (Å²) in [6.07, 6.45) is 0. The molecular formula is C17H17FN6S. The molecule has 128 valence electrons. The summed E-state index contributed by atoms with van der Waals surface area (Å²) in [7, 11) is 1.90. The highest BCUT2D eigenvalue weighted by Crippen LogP contribution is 2.31. The van der Waals surface area contributed by atoms with Crippen molar-refractivity contribution in [1.29, 1.82) is 0 Å². The summed E-state index contributed by atoms with van der Waals surface area (Å²) in [4.78, 5) is 0.660. The van der Waals surface area contributed by atoms with Crippen LogP contribution in [-0.4, -0.2) is 29.6 Å². The Morgan fingerprint density at radius 2 is 1.88 bits per heavy atom. The smallest absolute Gasteiger partial charge is 0.235 e. The van der Waals surface area contributed by atoms with Gasteiger partial charge in [0, 0.05) is 18.0 Å². The number of aromatic nitrogens is 6. The van der Waals surface area contributed by atoms with E-state index in [1.165, 1.54) is 23.5 Å². The van der Waals surface area contributed by atoms with Gasteiger partial charge in [-0.15, -0.1) is 10.2 Å². The predicted molar refractivity (Wildman–Crippen MR) is 95.0 cm³/mol. The van der Waals surface area contributed by atoms with Gasteiger partial charge in [-0.05, 0) is 18.2 Å². The van der Waals surface area contributed by atoms with Crippen molar-refractivity contribution in [3.8, 4) is 22.1 Å². The summed E-state index contributed by atoms with van der Waals surface area (Å²) in [5, 5.41) is 18.3. The van der Waals surface area contributed by atoms with Crippen molar-refractivity contribution in [2.75, 3.05) is 0 Å². The van der Waals surface area contributed by atoms with Crippen LogP contribution in [-0.2, 0) is 12.5 Å². The highest BCUT2D eigenvalue weighted by Gasteiger charge is 2.22. The summed E-state index contributed by atoms with van der Waals surface area (Å²) in [5.74, 6) is 0.210. The van der Waals surface area contributed by atoms with Gasteiger partial charge in [0.25, 0.3) is 0 Å². The number of aryl methyl sites for hydroxylation is 1. The van der Waals surface area contributed by atoms with Gasteiger partial charge in [0.05, 0.1) is 11.4 Å². The van der Waals surface area contributed by atoms with Gasteiger partial charge >= 0.3 is 0 Å². The lowest BCUT2D eigenvalue weighted by Gasteiger charge is -2.13. The fourth-order valence-corrected chi connectivity index (χ4v) is 3.45. The normalized spacial score (nSPS) is 12.2. The minimum Gasteiger partial charge on any atom is -0.265 e. The second kappa shape index (κ2) is 5.45. The first-order valence-corrected chi connectivity index (χ1v) is 8.67. The van der Waals surface area contributed by atoms with Crippen LogP contribution in [0.5, 0.6) is 0 Å². The third-order valence-electron chi connectivity index (χ3n) is 3.94. The lowest BCUT2D eigenvalue weighted by atomic mass is 9.92. The molecule has 3 heterocycles. The zero-order valence-corrected chi connectivity index (χ0v) is 15.2. The Labute approximate surface area is 147 Å². The quantitative estimate of drug-likeness (QED) is 0.550. The molecule has 4 aromatic rings. The zero-order chi connectivity index (χ0) is 17.8. The molecule has 0 saturated carbocycles. The molecule has 0 atom stereocenters. The average Bonchev–Trinajstić information content (AvgIpc) is 3.19. The largest absolute Gasteiger partial charge is 0.265 e. The van der Waals surface area contributed by atoms with Crippen molar-refractivity contribution in [1.82, 2.24) is 29.6 Å². The van der Waals surface area contributed by atoms with E-state index in [-0.39, 0.29) is 11.2 Å². The van der Waals surface area contributed by atoms with Crippen LogP contribution in [0.2, 0.25) is 0 Å². The monoisotopic (exact) mass is 356 g/mol. The lowest BCUT2D eigenvalue weighted by molar-refractivity contribution is 0.553. The van der Waals surface area contributed by atoms with Crippen LogP contribution in [0.4, 0.5) is 4.39 Å². The maximum absolute atomic E-state index is 13.5. The number of benzene rings is 1. The van der Waals surface area contributed by atoms with Crippen molar-refractivity contribution >= 4 is 16.3 Å². The third-order valence-corrected chi connectivity index (χ3v) is 4.86. The summed E-state index contributed by atoms with van der Waals surface area (Å²) in [5.41, 5.74) is 2.53. The molecule has 6 nitrogen and oxygen atoms in total. The van der Waals surface area contributed by atoms with Crippen molar-refractivity contribution < 1.29 is 4.39 Å². The van der Waals surface area contributed by atoms with Crippen LogP contribution >= 0.6 is 11.3 Å². The fourth-order valence-electron chi connectivity index (χ4n) is 2.56. The Hall–Kier alpha value is -2.61. The number of hydrogen-bond donors (Lipinski definition) is 0. The Morgan fingerprint density at radius 1 is 1.08 bits per heavy atom. The molecule has 0 N–H and O–H groups in total. The highest BCUT2D eigenvalue weighted by molar-refractivity contribution is 7.19. The van der Waals surface area contributed by atoms with E-state index in [0.717, 1.165) is 16.4 Å². The van der Waals surface area contributed by atoms with Crippen molar-refractivity contribution in [3.63, 3.8) is 0 Å². The van der Waals surface area contributed by atoms with Gasteiger partial charge in [-0.25, -0.2) is 4.39 Å². The number of hydrogen-bond acceptors (Lipinski definition) is 5. The highest BCUT2D eigenvalue weighted by atomic mass is 32.1. The zero-order valence-electron chi connectivity index (χ0n) is 14.4. The summed E-state index contributed by atoms with van der Waals surface area (Å²) >= 11 is 1.43. The molecule has 4 rings (SSSR count). The molecule has 0 bridgehead atoms.